The van der Waals surface area contributed by atoms with E-state index in [1.807, 2.05) is 61.1 Å². The second kappa shape index (κ2) is 6.21. The van der Waals surface area contributed by atoms with E-state index in [9.17, 15) is 0 Å². The van der Waals surface area contributed by atoms with Crippen LogP contribution in [0.3, 0.4) is 0 Å². The zero-order valence-corrected chi connectivity index (χ0v) is 16.4. The van der Waals surface area contributed by atoms with E-state index in [0.717, 1.165) is 56.6 Å². The van der Waals surface area contributed by atoms with Crippen LogP contribution in [0.2, 0.25) is 0 Å². The van der Waals surface area contributed by atoms with Crippen LogP contribution in [-0.2, 0) is 7.05 Å². The van der Waals surface area contributed by atoms with Crippen molar-refractivity contribution in [3.63, 3.8) is 0 Å². The Morgan fingerprint density at radius 3 is 2.83 bits per heavy atom. The van der Waals surface area contributed by atoms with Crippen molar-refractivity contribution in [1.29, 1.82) is 0 Å². The van der Waals surface area contributed by atoms with Crippen LogP contribution < -0.4 is 9.47 Å². The largest absolute Gasteiger partial charge is 0.454 e. The lowest BCUT2D eigenvalue weighted by Gasteiger charge is -2.04. The Morgan fingerprint density at radius 1 is 1.07 bits per heavy atom. The molecule has 6 rings (SSSR count). The van der Waals surface area contributed by atoms with Gasteiger partial charge in [0.05, 0.1) is 28.6 Å². The predicted molar refractivity (Wildman–Crippen MR) is 112 cm³/mol. The minimum absolute atomic E-state index is 0.257. The Kier molecular flexibility index (Phi) is 3.49. The third-order valence-electron chi connectivity index (χ3n) is 5.51. The van der Waals surface area contributed by atoms with E-state index in [-0.39, 0.29) is 6.79 Å². The molecule has 2 aromatic carbocycles. The predicted octanol–water partition coefficient (Wildman–Crippen LogP) is 4.06. The van der Waals surface area contributed by atoms with Gasteiger partial charge in [-0.3, -0.25) is 5.10 Å². The first kappa shape index (κ1) is 16.8. The molecule has 0 atom stereocenters. The van der Waals surface area contributed by atoms with Crippen LogP contribution in [0.5, 0.6) is 11.5 Å². The quantitative estimate of drug-likeness (QED) is 0.478. The van der Waals surface area contributed by atoms with E-state index in [4.69, 9.17) is 14.5 Å². The molecule has 0 saturated carbocycles. The number of nitrogens with one attached hydrogen (secondary N) is 2. The Labute approximate surface area is 171 Å². The maximum Gasteiger partial charge on any atom is 0.231 e. The Balaban J connectivity index is 1.43. The van der Waals surface area contributed by atoms with E-state index in [1.165, 1.54) is 0 Å². The van der Waals surface area contributed by atoms with Gasteiger partial charge in [0.15, 0.2) is 17.3 Å². The number of H-pyrrole nitrogens is 2. The SMILES string of the molecule is Cc1ncc(-c2cc(-c3nc4c(-c5ccc6c(c5)OCO6)cccc4[nH]3)n[nH]2)n1C. The lowest BCUT2D eigenvalue weighted by Crippen LogP contribution is -1.94. The molecule has 3 aromatic heterocycles. The highest BCUT2D eigenvalue weighted by molar-refractivity contribution is 5.94. The zero-order chi connectivity index (χ0) is 20.2. The van der Waals surface area contributed by atoms with Crippen LogP contribution in [0, 0.1) is 6.92 Å². The van der Waals surface area contributed by atoms with Crippen molar-refractivity contribution >= 4 is 11.0 Å². The van der Waals surface area contributed by atoms with Crippen molar-refractivity contribution in [2.75, 3.05) is 6.79 Å². The standard InChI is InChI=1S/C22H18N6O2/c1-12-23-10-18(28(12)2)16-9-17(27-26-16)22-24-15-5-3-4-14(21(15)25-22)13-6-7-19-20(8-13)30-11-29-19/h3-10H,11H2,1-2H3,(H,24,25)(H,26,27). The molecule has 8 heteroatoms. The van der Waals surface area contributed by atoms with Crippen molar-refractivity contribution in [3.8, 4) is 45.5 Å². The molecular formula is C22H18N6O2. The van der Waals surface area contributed by atoms with Gasteiger partial charge in [0.2, 0.25) is 6.79 Å². The zero-order valence-electron chi connectivity index (χ0n) is 16.4. The molecule has 5 aromatic rings. The molecule has 0 unspecified atom stereocenters. The molecule has 1 aliphatic rings. The number of imidazole rings is 2. The van der Waals surface area contributed by atoms with Crippen molar-refractivity contribution in [3.05, 3.63) is 54.5 Å². The number of ether oxygens (including phenoxy) is 2. The number of aryl methyl sites for hydroxylation is 1. The van der Waals surface area contributed by atoms with Gasteiger partial charge >= 0.3 is 0 Å². The second-order valence-electron chi connectivity index (χ2n) is 7.27. The summed E-state index contributed by atoms with van der Waals surface area (Å²) in [4.78, 5) is 12.6. The number of hydrogen-bond donors (Lipinski definition) is 2. The number of rotatable bonds is 3. The maximum atomic E-state index is 5.53. The average Bonchev–Trinajstić information content (AvgIpc) is 3.54. The van der Waals surface area contributed by atoms with Gasteiger partial charge in [-0.05, 0) is 36.8 Å². The molecule has 0 bridgehead atoms. The molecule has 0 amide bonds. The van der Waals surface area contributed by atoms with Gasteiger partial charge in [-0.15, -0.1) is 0 Å². The van der Waals surface area contributed by atoms with Crippen molar-refractivity contribution in [1.82, 2.24) is 29.7 Å². The highest BCUT2D eigenvalue weighted by Gasteiger charge is 2.17. The lowest BCUT2D eigenvalue weighted by molar-refractivity contribution is 0.174. The Bertz CT molecular complexity index is 1410. The third kappa shape index (κ3) is 2.50. The monoisotopic (exact) mass is 398 g/mol. The average molecular weight is 398 g/mol. The maximum absolute atomic E-state index is 5.53. The Morgan fingerprint density at radius 2 is 1.97 bits per heavy atom. The molecule has 1 aliphatic heterocycles. The molecule has 30 heavy (non-hydrogen) atoms. The van der Waals surface area contributed by atoms with Crippen LogP contribution in [-0.4, -0.2) is 36.5 Å². The fraction of sp³-hybridized carbons (Fsp3) is 0.136. The van der Waals surface area contributed by atoms with Crippen molar-refractivity contribution < 1.29 is 9.47 Å². The molecule has 0 spiro atoms. The number of hydrogen-bond acceptors (Lipinski definition) is 5. The first-order valence-corrected chi connectivity index (χ1v) is 9.60. The molecule has 4 heterocycles. The molecule has 0 aliphatic carbocycles. The fourth-order valence-corrected chi connectivity index (χ4v) is 3.78. The van der Waals surface area contributed by atoms with Gasteiger partial charge in [-0.25, -0.2) is 9.97 Å². The summed E-state index contributed by atoms with van der Waals surface area (Å²) >= 11 is 0. The van der Waals surface area contributed by atoms with Crippen molar-refractivity contribution in [2.24, 2.45) is 7.05 Å². The summed E-state index contributed by atoms with van der Waals surface area (Å²) in [6.07, 6.45) is 1.84. The summed E-state index contributed by atoms with van der Waals surface area (Å²) < 4.78 is 13.0. The van der Waals surface area contributed by atoms with E-state index < -0.39 is 0 Å². The molecule has 2 N–H and O–H groups in total. The number of fused-ring (bicyclic) bond motifs is 2. The molecule has 8 nitrogen and oxygen atoms in total. The highest BCUT2D eigenvalue weighted by atomic mass is 16.7. The van der Waals surface area contributed by atoms with Crippen LogP contribution in [0.25, 0.3) is 45.1 Å². The van der Waals surface area contributed by atoms with Crippen LogP contribution in [0.1, 0.15) is 5.82 Å². The van der Waals surface area contributed by atoms with Gasteiger partial charge in [-0.2, -0.15) is 5.10 Å². The van der Waals surface area contributed by atoms with Gasteiger partial charge in [0.1, 0.15) is 11.5 Å². The van der Waals surface area contributed by atoms with Gasteiger partial charge in [-0.1, -0.05) is 18.2 Å². The summed E-state index contributed by atoms with van der Waals surface area (Å²) in [5.74, 6) is 3.17. The highest BCUT2D eigenvalue weighted by Crippen LogP contribution is 2.38. The van der Waals surface area contributed by atoms with Crippen LogP contribution >= 0.6 is 0 Å². The summed E-state index contributed by atoms with van der Waals surface area (Å²) in [7, 11) is 1.98. The fourth-order valence-electron chi connectivity index (χ4n) is 3.78. The van der Waals surface area contributed by atoms with Crippen molar-refractivity contribution in [2.45, 2.75) is 6.92 Å². The normalized spacial score (nSPS) is 12.7. The molecule has 148 valence electrons. The molecule has 0 radical (unpaired) electrons. The van der Waals surface area contributed by atoms with E-state index in [2.05, 4.69) is 26.2 Å². The van der Waals surface area contributed by atoms with Gasteiger partial charge in [0.25, 0.3) is 0 Å². The van der Waals surface area contributed by atoms with E-state index in [0.29, 0.717) is 5.82 Å². The van der Waals surface area contributed by atoms with Crippen LogP contribution in [0.4, 0.5) is 0 Å². The number of aromatic nitrogens is 6. The number of benzene rings is 2. The number of aromatic amines is 2. The first-order valence-electron chi connectivity index (χ1n) is 9.60. The molecule has 0 fully saturated rings. The summed E-state index contributed by atoms with van der Waals surface area (Å²) in [5, 5.41) is 7.55. The van der Waals surface area contributed by atoms with Crippen LogP contribution in [0.15, 0.2) is 48.7 Å². The number of para-hydroxylation sites is 1. The first-order chi connectivity index (χ1) is 14.7. The second-order valence-corrected chi connectivity index (χ2v) is 7.27. The van der Waals surface area contributed by atoms with Gasteiger partial charge < -0.3 is 19.0 Å². The van der Waals surface area contributed by atoms with E-state index >= 15 is 0 Å². The third-order valence-corrected chi connectivity index (χ3v) is 5.51. The summed E-state index contributed by atoms with van der Waals surface area (Å²) in [5.41, 5.74) is 6.49. The molecule has 0 saturated heterocycles. The topological polar surface area (TPSA) is 93.6 Å². The van der Waals surface area contributed by atoms with E-state index in [1.54, 1.807) is 0 Å². The summed E-state index contributed by atoms with van der Waals surface area (Å²) in [6, 6.07) is 14.0. The Hall–Kier alpha value is -4.07. The van der Waals surface area contributed by atoms with Gasteiger partial charge in [0, 0.05) is 12.6 Å². The smallest absolute Gasteiger partial charge is 0.231 e. The summed E-state index contributed by atoms with van der Waals surface area (Å²) in [6.45, 7) is 2.23. The minimum Gasteiger partial charge on any atom is -0.454 e. The lowest BCUT2D eigenvalue weighted by atomic mass is 10.0. The molecular weight excluding hydrogens is 380 g/mol. The number of nitrogens with zero attached hydrogens (tertiary/aromatic N) is 4. The minimum atomic E-state index is 0.257.